The van der Waals surface area contributed by atoms with Gasteiger partial charge in [-0.2, -0.15) is 15.5 Å². The molecule has 0 bridgehead atoms. The lowest BCUT2D eigenvalue weighted by atomic mass is 9.95. The fourth-order valence-electron chi connectivity index (χ4n) is 1.84. The van der Waals surface area contributed by atoms with Gasteiger partial charge in [0.2, 0.25) is 0 Å². The van der Waals surface area contributed by atoms with Gasteiger partial charge in [-0.25, -0.2) is 0 Å². The summed E-state index contributed by atoms with van der Waals surface area (Å²) in [6.07, 6.45) is 1.88. The quantitative estimate of drug-likeness (QED) is 0.411. The van der Waals surface area contributed by atoms with Crippen molar-refractivity contribution in [2.45, 2.75) is 44.7 Å². The second-order valence-corrected chi connectivity index (χ2v) is 5.98. The molecule has 1 aromatic rings. The Balaban J connectivity index is 2.75. The smallest absolute Gasteiger partial charge is 0.306 e. The molecule has 0 radical (unpaired) electrons. The fraction of sp³-hybridized carbons (Fsp3) is 0.444. The lowest BCUT2D eigenvalue weighted by molar-refractivity contribution is -0.142. The molecule has 0 saturated carbocycles. The van der Waals surface area contributed by atoms with Crippen LogP contribution in [-0.4, -0.2) is 18.1 Å². The second-order valence-electron chi connectivity index (χ2n) is 5.98. The molecule has 1 rings (SSSR count). The maximum absolute atomic E-state index is 11.5. The van der Waals surface area contributed by atoms with Crippen LogP contribution in [0, 0.1) is 11.3 Å². The van der Waals surface area contributed by atoms with Crippen molar-refractivity contribution < 1.29 is 9.53 Å². The average Bonchev–Trinajstić information content (AvgIpc) is 2.57. The van der Waals surface area contributed by atoms with Crippen LogP contribution in [0.15, 0.2) is 53.2 Å². The molecule has 1 unspecified atom stereocenters. The number of nitriles is 1. The van der Waals surface area contributed by atoms with E-state index in [9.17, 15) is 10.1 Å². The van der Waals surface area contributed by atoms with E-state index in [1.807, 2.05) is 44.2 Å². The minimum Gasteiger partial charge on any atom is -0.461 e. The van der Waals surface area contributed by atoms with Crippen LogP contribution in [0.25, 0.3) is 0 Å². The maximum Gasteiger partial charge on any atom is 0.306 e. The van der Waals surface area contributed by atoms with Crippen LogP contribution in [-0.2, 0) is 15.1 Å². The van der Waals surface area contributed by atoms with Gasteiger partial charge >= 0.3 is 5.97 Å². The summed E-state index contributed by atoms with van der Waals surface area (Å²) in [5.41, 5.74) is -0.587. The van der Waals surface area contributed by atoms with Crippen LogP contribution in [0.4, 0.5) is 0 Å². The van der Waals surface area contributed by atoms with E-state index in [0.717, 1.165) is 5.56 Å². The number of nitrogens with zero attached hydrogens (tertiary/aromatic N) is 3. The van der Waals surface area contributed by atoms with Crippen LogP contribution < -0.4 is 0 Å². The number of ether oxygens (including phenoxy) is 1. The van der Waals surface area contributed by atoms with E-state index >= 15 is 0 Å². The van der Waals surface area contributed by atoms with Crippen molar-refractivity contribution in [1.82, 2.24) is 0 Å². The largest absolute Gasteiger partial charge is 0.461 e. The first-order valence-corrected chi connectivity index (χ1v) is 7.50. The van der Waals surface area contributed by atoms with Crippen LogP contribution in [0.2, 0.25) is 0 Å². The highest BCUT2D eigenvalue weighted by atomic mass is 16.5. The van der Waals surface area contributed by atoms with Gasteiger partial charge in [0.05, 0.1) is 6.07 Å². The standard InChI is InChI=1S/C18H23N3O2/c1-5-13-23-16(22)11-12-18(4,14-19)21-20-17(2,3)15-9-7-6-8-10-15/h5-10H,1,11-13H2,2-4H3. The molecular weight excluding hydrogens is 290 g/mol. The van der Waals surface area contributed by atoms with E-state index in [4.69, 9.17) is 4.74 Å². The summed E-state index contributed by atoms with van der Waals surface area (Å²) >= 11 is 0. The Hall–Kier alpha value is -2.48. The van der Waals surface area contributed by atoms with E-state index in [2.05, 4.69) is 22.9 Å². The van der Waals surface area contributed by atoms with E-state index < -0.39 is 11.1 Å². The zero-order chi connectivity index (χ0) is 17.3. The molecule has 1 aromatic carbocycles. The van der Waals surface area contributed by atoms with Gasteiger partial charge < -0.3 is 4.74 Å². The van der Waals surface area contributed by atoms with Crippen molar-refractivity contribution in [1.29, 1.82) is 5.26 Å². The second kappa shape index (κ2) is 8.23. The SMILES string of the molecule is C=CCOC(=O)CCC(C)(C#N)N=NC(C)(C)c1ccccc1. The third kappa shape index (κ3) is 6.03. The summed E-state index contributed by atoms with van der Waals surface area (Å²) in [7, 11) is 0. The molecule has 5 nitrogen and oxygen atoms in total. The topological polar surface area (TPSA) is 74.8 Å². The maximum atomic E-state index is 11.5. The molecule has 0 N–H and O–H groups in total. The van der Waals surface area contributed by atoms with Crippen LogP contribution in [0.1, 0.15) is 39.2 Å². The number of benzene rings is 1. The van der Waals surface area contributed by atoms with Gasteiger partial charge in [0.25, 0.3) is 0 Å². The van der Waals surface area contributed by atoms with Crippen molar-refractivity contribution in [2.75, 3.05) is 6.61 Å². The zero-order valence-electron chi connectivity index (χ0n) is 14.0. The fourth-order valence-corrected chi connectivity index (χ4v) is 1.84. The third-order valence-electron chi connectivity index (χ3n) is 3.42. The third-order valence-corrected chi connectivity index (χ3v) is 3.42. The molecule has 0 amide bonds. The first-order valence-electron chi connectivity index (χ1n) is 7.50. The molecule has 5 heteroatoms. The van der Waals surface area contributed by atoms with Gasteiger partial charge in [0, 0.05) is 6.42 Å². The molecule has 0 aliphatic heterocycles. The number of esters is 1. The number of hydrogen-bond acceptors (Lipinski definition) is 5. The Morgan fingerprint density at radius 1 is 1.30 bits per heavy atom. The normalized spacial score (nSPS) is 14.0. The van der Waals surface area contributed by atoms with Crippen molar-refractivity contribution in [3.05, 3.63) is 48.6 Å². The highest BCUT2D eigenvalue weighted by Gasteiger charge is 2.27. The van der Waals surface area contributed by atoms with E-state index in [-0.39, 0.29) is 25.4 Å². The first kappa shape index (κ1) is 18.6. The molecule has 0 aromatic heterocycles. The zero-order valence-corrected chi connectivity index (χ0v) is 14.0. The molecule has 0 aliphatic rings. The minimum atomic E-state index is -1.06. The summed E-state index contributed by atoms with van der Waals surface area (Å²) < 4.78 is 4.91. The molecular formula is C18H23N3O2. The summed E-state index contributed by atoms with van der Waals surface area (Å²) in [6.45, 7) is 9.18. The Bertz CT molecular complexity index is 602. The predicted molar refractivity (Wildman–Crippen MR) is 88.7 cm³/mol. The molecule has 122 valence electrons. The van der Waals surface area contributed by atoms with Crippen molar-refractivity contribution >= 4 is 5.97 Å². The van der Waals surface area contributed by atoms with Crippen molar-refractivity contribution in [3.8, 4) is 6.07 Å². The number of rotatable bonds is 8. The highest BCUT2D eigenvalue weighted by Crippen LogP contribution is 2.27. The summed E-state index contributed by atoms with van der Waals surface area (Å²) in [5.74, 6) is -0.371. The Labute approximate surface area is 137 Å². The number of carbonyl (C=O) groups excluding carboxylic acids is 1. The lowest BCUT2D eigenvalue weighted by Crippen LogP contribution is -2.23. The van der Waals surface area contributed by atoms with Crippen molar-refractivity contribution in [2.24, 2.45) is 10.2 Å². The number of hydrogen-bond donors (Lipinski definition) is 0. The van der Waals surface area contributed by atoms with Gasteiger partial charge in [-0.15, -0.1) is 0 Å². The van der Waals surface area contributed by atoms with Crippen molar-refractivity contribution in [3.63, 3.8) is 0 Å². The molecule has 0 fully saturated rings. The monoisotopic (exact) mass is 313 g/mol. The molecule has 0 spiro atoms. The van der Waals surface area contributed by atoms with E-state index in [1.54, 1.807) is 6.92 Å². The first-order chi connectivity index (χ1) is 10.8. The Morgan fingerprint density at radius 3 is 2.52 bits per heavy atom. The highest BCUT2D eigenvalue weighted by molar-refractivity contribution is 5.69. The molecule has 0 saturated heterocycles. The number of azo groups is 1. The Morgan fingerprint density at radius 2 is 1.96 bits per heavy atom. The Kier molecular flexibility index (Phi) is 6.65. The van der Waals surface area contributed by atoms with Gasteiger partial charge in [-0.05, 0) is 32.8 Å². The van der Waals surface area contributed by atoms with Gasteiger partial charge in [-0.3, -0.25) is 4.79 Å². The van der Waals surface area contributed by atoms with Crippen LogP contribution in [0.5, 0.6) is 0 Å². The van der Waals surface area contributed by atoms with E-state index in [0.29, 0.717) is 0 Å². The molecule has 1 atom stereocenters. The van der Waals surface area contributed by atoms with Crippen LogP contribution >= 0.6 is 0 Å². The summed E-state index contributed by atoms with van der Waals surface area (Å²) in [4.78, 5) is 11.5. The lowest BCUT2D eigenvalue weighted by Gasteiger charge is -2.21. The molecule has 0 heterocycles. The van der Waals surface area contributed by atoms with Gasteiger partial charge in [-0.1, -0.05) is 43.0 Å². The summed E-state index contributed by atoms with van der Waals surface area (Å²) in [5, 5.41) is 17.9. The summed E-state index contributed by atoms with van der Waals surface area (Å²) in [6, 6.07) is 11.9. The predicted octanol–water partition coefficient (Wildman–Crippen LogP) is 4.17. The molecule has 23 heavy (non-hydrogen) atoms. The van der Waals surface area contributed by atoms with Gasteiger partial charge in [0.1, 0.15) is 12.1 Å². The van der Waals surface area contributed by atoms with Gasteiger partial charge in [0.15, 0.2) is 5.54 Å². The average molecular weight is 313 g/mol. The van der Waals surface area contributed by atoms with E-state index in [1.165, 1.54) is 6.08 Å². The number of carbonyl (C=O) groups is 1. The molecule has 0 aliphatic carbocycles. The minimum absolute atomic E-state index is 0.114. The van der Waals surface area contributed by atoms with Crippen LogP contribution in [0.3, 0.4) is 0 Å².